The molecule has 10 nitrogen and oxygen atoms in total. The number of likely N-dealkylation sites (tertiary alicyclic amines) is 1. The van der Waals surface area contributed by atoms with E-state index in [9.17, 15) is 19.5 Å². The van der Waals surface area contributed by atoms with Crippen LogP contribution in [0.25, 0.3) is 0 Å². The molecule has 0 aliphatic carbocycles. The van der Waals surface area contributed by atoms with Gasteiger partial charge in [-0.25, -0.2) is 4.79 Å². The Morgan fingerprint density at radius 1 is 1.22 bits per heavy atom. The summed E-state index contributed by atoms with van der Waals surface area (Å²) in [5, 5.41) is 12.4. The fourth-order valence-electron chi connectivity index (χ4n) is 3.17. The summed E-state index contributed by atoms with van der Waals surface area (Å²) in [7, 11) is 2.81. The molecule has 0 aromatic heterocycles. The van der Waals surface area contributed by atoms with E-state index in [-0.39, 0.29) is 41.9 Å². The number of esters is 1. The molecule has 1 fully saturated rings. The standard InChI is InChI=1S/C19H23Cl3N2O8/c1-10(25)32-16-6-14(23-18(28)31-9-19(20,21)22)13(5-15(16)30-3)17(27)24-7-12(26)4-11(24)8-29-2/h5-6,11-12,26H,4,7-9H2,1-3H3,(H,23,28)/t11-,12-/m1/s1. The van der Waals surface area contributed by atoms with E-state index in [0.29, 0.717) is 6.42 Å². The van der Waals surface area contributed by atoms with Gasteiger partial charge in [-0.05, 0) is 12.5 Å². The highest BCUT2D eigenvalue weighted by Crippen LogP contribution is 2.36. The number of nitrogens with zero attached hydrogens (tertiary/aromatic N) is 1. The first-order chi connectivity index (χ1) is 14.9. The van der Waals surface area contributed by atoms with Crippen LogP contribution in [0.3, 0.4) is 0 Å². The van der Waals surface area contributed by atoms with Gasteiger partial charge in [0.2, 0.25) is 3.79 Å². The minimum absolute atomic E-state index is 0.00112. The van der Waals surface area contributed by atoms with Crippen molar-refractivity contribution in [3.05, 3.63) is 17.7 Å². The third kappa shape index (κ3) is 7.28. The summed E-state index contributed by atoms with van der Waals surface area (Å²) in [6.45, 7) is 0.910. The molecule has 1 saturated heterocycles. The lowest BCUT2D eigenvalue weighted by Crippen LogP contribution is -2.39. The first-order valence-electron chi connectivity index (χ1n) is 9.34. The lowest BCUT2D eigenvalue weighted by atomic mass is 10.1. The number of hydrogen-bond acceptors (Lipinski definition) is 8. The van der Waals surface area contributed by atoms with Crippen molar-refractivity contribution in [3.8, 4) is 11.5 Å². The minimum Gasteiger partial charge on any atom is -0.493 e. The normalized spacial score (nSPS) is 18.3. The van der Waals surface area contributed by atoms with Gasteiger partial charge >= 0.3 is 12.1 Å². The summed E-state index contributed by atoms with van der Waals surface area (Å²) in [6.07, 6.45) is -1.41. The Morgan fingerprint density at radius 2 is 1.91 bits per heavy atom. The van der Waals surface area contributed by atoms with Crippen LogP contribution in [0.1, 0.15) is 23.7 Å². The Kier molecular flexibility index (Phi) is 9.23. The molecule has 1 heterocycles. The monoisotopic (exact) mass is 512 g/mol. The van der Waals surface area contributed by atoms with Crippen LogP contribution in [0.2, 0.25) is 0 Å². The predicted molar refractivity (Wildman–Crippen MR) is 117 cm³/mol. The molecule has 178 valence electrons. The lowest BCUT2D eigenvalue weighted by Gasteiger charge is -2.25. The zero-order valence-corrected chi connectivity index (χ0v) is 19.8. The number of carbonyl (C=O) groups is 3. The molecule has 0 unspecified atom stereocenters. The molecule has 0 bridgehead atoms. The van der Waals surface area contributed by atoms with Crippen LogP contribution >= 0.6 is 34.8 Å². The molecular weight excluding hydrogens is 491 g/mol. The van der Waals surface area contributed by atoms with E-state index in [0.717, 1.165) is 0 Å². The molecule has 32 heavy (non-hydrogen) atoms. The predicted octanol–water partition coefficient (Wildman–Crippen LogP) is 2.76. The molecule has 1 aliphatic rings. The van der Waals surface area contributed by atoms with Gasteiger partial charge in [0.25, 0.3) is 5.91 Å². The van der Waals surface area contributed by atoms with Crippen LogP contribution in [0.5, 0.6) is 11.5 Å². The van der Waals surface area contributed by atoms with Gasteiger partial charge in [-0.2, -0.15) is 0 Å². The Morgan fingerprint density at radius 3 is 2.47 bits per heavy atom. The van der Waals surface area contributed by atoms with Gasteiger partial charge in [0.05, 0.1) is 37.1 Å². The highest BCUT2D eigenvalue weighted by atomic mass is 35.6. The van der Waals surface area contributed by atoms with E-state index >= 15 is 0 Å². The molecule has 2 atom stereocenters. The highest BCUT2D eigenvalue weighted by Gasteiger charge is 2.36. The van der Waals surface area contributed by atoms with Gasteiger partial charge < -0.3 is 29.0 Å². The summed E-state index contributed by atoms with van der Waals surface area (Å²) >= 11 is 16.8. The Bertz CT molecular complexity index is 862. The van der Waals surface area contributed by atoms with E-state index in [4.69, 9.17) is 53.8 Å². The molecule has 0 saturated carbocycles. The van der Waals surface area contributed by atoms with Crippen molar-refractivity contribution in [1.29, 1.82) is 0 Å². The lowest BCUT2D eigenvalue weighted by molar-refractivity contribution is -0.132. The number of halogens is 3. The number of ether oxygens (including phenoxy) is 4. The van der Waals surface area contributed by atoms with Crippen LogP contribution in [0.15, 0.2) is 12.1 Å². The minimum atomic E-state index is -1.84. The van der Waals surface area contributed by atoms with Crippen molar-refractivity contribution in [3.63, 3.8) is 0 Å². The summed E-state index contributed by atoms with van der Waals surface area (Å²) in [5.74, 6) is -1.13. The molecule has 1 aromatic rings. The second-order valence-corrected chi connectivity index (χ2v) is 9.43. The fourth-order valence-corrected chi connectivity index (χ4v) is 3.34. The van der Waals surface area contributed by atoms with Crippen LogP contribution < -0.4 is 14.8 Å². The number of aliphatic hydroxyl groups is 1. The zero-order chi connectivity index (χ0) is 24.1. The topological polar surface area (TPSA) is 124 Å². The van der Waals surface area contributed by atoms with Crippen molar-refractivity contribution in [2.75, 3.05) is 39.3 Å². The molecule has 0 spiro atoms. The number of rotatable bonds is 7. The Balaban J connectivity index is 2.43. The molecule has 1 aromatic carbocycles. The molecule has 13 heteroatoms. The molecule has 2 amide bonds. The first kappa shape index (κ1) is 26.3. The Hall–Kier alpha value is -1.98. The van der Waals surface area contributed by atoms with Crippen LogP contribution in [-0.4, -0.2) is 77.9 Å². The number of amides is 2. The Labute approximate surface area is 199 Å². The van der Waals surface area contributed by atoms with Crippen molar-refractivity contribution >= 4 is 58.5 Å². The number of β-amino-alcohol motifs (C(OH)–C–C–N with tert-alkyl or cyclic N) is 1. The first-order valence-corrected chi connectivity index (χ1v) is 10.5. The van der Waals surface area contributed by atoms with Crippen molar-refractivity contribution in [2.45, 2.75) is 29.3 Å². The smallest absolute Gasteiger partial charge is 0.411 e. The summed E-state index contributed by atoms with van der Waals surface area (Å²) in [6, 6.07) is 2.16. The van der Waals surface area contributed by atoms with Gasteiger partial charge in [-0.3, -0.25) is 14.9 Å². The SMILES string of the molecule is COC[C@H]1C[C@@H](O)CN1C(=O)c1cc(OC)c(OC(C)=O)cc1NC(=O)OCC(Cl)(Cl)Cl. The number of aliphatic hydroxyl groups excluding tert-OH is 1. The average Bonchev–Trinajstić information content (AvgIpc) is 3.05. The molecule has 2 rings (SSSR count). The second-order valence-electron chi connectivity index (χ2n) is 6.91. The number of alkyl halides is 3. The number of methoxy groups -OCH3 is 2. The largest absolute Gasteiger partial charge is 0.493 e. The van der Waals surface area contributed by atoms with Gasteiger partial charge in [-0.15, -0.1) is 0 Å². The molecule has 2 N–H and O–H groups in total. The van der Waals surface area contributed by atoms with Crippen molar-refractivity contribution in [2.24, 2.45) is 0 Å². The third-order valence-electron chi connectivity index (χ3n) is 4.40. The second kappa shape index (κ2) is 11.2. The number of hydrogen-bond donors (Lipinski definition) is 2. The van der Waals surface area contributed by atoms with Gasteiger partial charge in [0, 0.05) is 26.6 Å². The molecular formula is C19H23Cl3N2O8. The van der Waals surface area contributed by atoms with Crippen molar-refractivity contribution in [1.82, 2.24) is 4.90 Å². The molecule has 1 aliphatic heterocycles. The van der Waals surface area contributed by atoms with E-state index in [2.05, 4.69) is 5.32 Å². The zero-order valence-electron chi connectivity index (χ0n) is 17.5. The molecule has 0 radical (unpaired) electrons. The van der Waals surface area contributed by atoms with Crippen LogP contribution in [0, 0.1) is 0 Å². The van der Waals surface area contributed by atoms with Crippen molar-refractivity contribution < 1.29 is 38.4 Å². The van der Waals surface area contributed by atoms with Crippen LogP contribution in [-0.2, 0) is 14.3 Å². The number of benzene rings is 1. The fraction of sp³-hybridized carbons (Fsp3) is 0.526. The van der Waals surface area contributed by atoms with Crippen LogP contribution in [0.4, 0.5) is 10.5 Å². The van der Waals surface area contributed by atoms with E-state index in [1.807, 2.05) is 0 Å². The average molecular weight is 514 g/mol. The summed E-state index contributed by atoms with van der Waals surface area (Å²) in [4.78, 5) is 38.4. The third-order valence-corrected chi connectivity index (χ3v) is 4.73. The number of nitrogens with one attached hydrogen (secondary N) is 1. The number of anilines is 1. The maximum atomic E-state index is 13.3. The van der Waals surface area contributed by atoms with Gasteiger partial charge in [0.1, 0.15) is 6.61 Å². The van der Waals surface area contributed by atoms with E-state index in [1.54, 1.807) is 0 Å². The number of carbonyl (C=O) groups excluding carboxylic acids is 3. The van der Waals surface area contributed by atoms with Gasteiger partial charge in [0.15, 0.2) is 11.5 Å². The quantitative estimate of drug-likeness (QED) is 0.324. The summed E-state index contributed by atoms with van der Waals surface area (Å²) < 4.78 is 18.5. The van der Waals surface area contributed by atoms with Gasteiger partial charge in [-0.1, -0.05) is 34.8 Å². The maximum absolute atomic E-state index is 13.3. The maximum Gasteiger partial charge on any atom is 0.411 e. The van der Waals surface area contributed by atoms with E-state index < -0.39 is 34.5 Å². The van der Waals surface area contributed by atoms with E-state index in [1.165, 1.54) is 38.2 Å². The highest BCUT2D eigenvalue weighted by molar-refractivity contribution is 6.67. The summed E-state index contributed by atoms with van der Waals surface area (Å²) in [5.41, 5.74) is -0.0438.